The minimum atomic E-state index is -0.229. The molecule has 8 nitrogen and oxygen atoms in total. The first kappa shape index (κ1) is 16.3. The molecule has 26 heavy (non-hydrogen) atoms. The van der Waals surface area contributed by atoms with Gasteiger partial charge in [-0.05, 0) is 13.5 Å². The van der Waals surface area contributed by atoms with E-state index in [4.69, 9.17) is 4.52 Å². The third-order valence-electron chi connectivity index (χ3n) is 4.44. The second-order valence-corrected chi connectivity index (χ2v) is 6.27. The van der Waals surface area contributed by atoms with Crippen LogP contribution < -0.4 is 5.32 Å². The van der Waals surface area contributed by atoms with Crippen LogP contribution in [0.3, 0.4) is 0 Å². The Bertz CT molecular complexity index is 883. The molecule has 132 valence electrons. The largest absolute Gasteiger partial charge is 0.347 e. The molecule has 0 radical (unpaired) electrons. The maximum atomic E-state index is 12.3. The summed E-state index contributed by atoms with van der Waals surface area (Å²) in [7, 11) is 1.98. The second kappa shape index (κ2) is 7.01. The van der Waals surface area contributed by atoms with Crippen LogP contribution in [0.5, 0.6) is 0 Å². The van der Waals surface area contributed by atoms with E-state index in [0.29, 0.717) is 30.4 Å². The highest BCUT2D eigenvalue weighted by Crippen LogP contribution is 2.30. The van der Waals surface area contributed by atoms with Gasteiger partial charge in [0.25, 0.3) is 5.91 Å². The fourth-order valence-corrected chi connectivity index (χ4v) is 3.14. The van der Waals surface area contributed by atoms with Gasteiger partial charge in [0, 0.05) is 30.5 Å². The topological polar surface area (TPSA) is 97.0 Å². The van der Waals surface area contributed by atoms with E-state index in [1.54, 1.807) is 0 Å². The molecule has 3 aromatic rings. The van der Waals surface area contributed by atoms with Gasteiger partial charge in [-0.25, -0.2) is 4.98 Å². The zero-order chi connectivity index (χ0) is 17.9. The minimum absolute atomic E-state index is 0.0217. The van der Waals surface area contributed by atoms with E-state index in [1.165, 1.54) is 18.6 Å². The molecule has 1 saturated heterocycles. The van der Waals surface area contributed by atoms with Crippen LogP contribution in [0.15, 0.2) is 53.4 Å². The molecule has 1 aliphatic heterocycles. The van der Waals surface area contributed by atoms with Gasteiger partial charge < -0.3 is 9.84 Å². The van der Waals surface area contributed by atoms with E-state index >= 15 is 0 Å². The lowest BCUT2D eigenvalue weighted by atomic mass is 10.1. The first-order chi connectivity index (χ1) is 12.7. The lowest BCUT2D eigenvalue weighted by molar-refractivity contribution is 0.0933. The molecule has 0 saturated carbocycles. The maximum absolute atomic E-state index is 12.3. The van der Waals surface area contributed by atoms with Crippen molar-refractivity contribution >= 4 is 5.91 Å². The second-order valence-electron chi connectivity index (χ2n) is 6.27. The van der Waals surface area contributed by atoms with Crippen molar-refractivity contribution in [1.82, 2.24) is 30.3 Å². The highest BCUT2D eigenvalue weighted by molar-refractivity contribution is 5.92. The number of nitrogens with one attached hydrogen (secondary N) is 1. The molecule has 1 amide bonds. The van der Waals surface area contributed by atoms with Crippen LogP contribution in [-0.4, -0.2) is 50.5 Å². The lowest BCUT2D eigenvalue weighted by Gasteiger charge is -2.14. The predicted octanol–water partition coefficient (Wildman–Crippen LogP) is 1.70. The van der Waals surface area contributed by atoms with Crippen molar-refractivity contribution < 1.29 is 9.32 Å². The molecule has 1 aliphatic rings. The van der Waals surface area contributed by atoms with Gasteiger partial charge in [0.2, 0.25) is 11.7 Å². The van der Waals surface area contributed by atoms with Gasteiger partial charge >= 0.3 is 0 Å². The summed E-state index contributed by atoms with van der Waals surface area (Å²) in [5.41, 5.74) is 1.22. The van der Waals surface area contributed by atoms with E-state index in [0.717, 1.165) is 5.56 Å². The number of carbonyl (C=O) groups excluding carboxylic acids is 1. The molecule has 1 N–H and O–H groups in total. The minimum Gasteiger partial charge on any atom is -0.347 e. The molecule has 0 bridgehead atoms. The standard InChI is InChI=1S/C18H18N6O2/c1-24-11-13(21-17(25)14-10-19-7-8-20-14)9-15(24)18-22-16(23-26-18)12-5-3-2-4-6-12/h2-8,10,13,15H,9,11H2,1H3,(H,21,25)/t13-,15-/m0/s1. The number of rotatable bonds is 4. The molecule has 2 atom stereocenters. The zero-order valence-electron chi connectivity index (χ0n) is 14.2. The molecule has 0 unspecified atom stereocenters. The number of nitrogens with zero attached hydrogens (tertiary/aromatic N) is 5. The summed E-state index contributed by atoms with van der Waals surface area (Å²) in [4.78, 5) is 26.8. The molecule has 4 rings (SSSR count). The lowest BCUT2D eigenvalue weighted by Crippen LogP contribution is -2.36. The van der Waals surface area contributed by atoms with E-state index in [-0.39, 0.29) is 18.0 Å². The number of likely N-dealkylation sites (N-methyl/N-ethyl adjacent to an activating group) is 1. The molecule has 1 fully saturated rings. The Labute approximate surface area is 150 Å². The molecule has 3 heterocycles. The summed E-state index contributed by atoms with van der Waals surface area (Å²) in [6.07, 6.45) is 5.19. The van der Waals surface area contributed by atoms with E-state index in [9.17, 15) is 4.79 Å². The van der Waals surface area contributed by atoms with Gasteiger partial charge in [-0.3, -0.25) is 14.7 Å². The number of hydrogen-bond donors (Lipinski definition) is 1. The molecule has 2 aromatic heterocycles. The van der Waals surface area contributed by atoms with E-state index in [1.807, 2.05) is 37.4 Å². The fraction of sp³-hybridized carbons (Fsp3) is 0.278. The summed E-state index contributed by atoms with van der Waals surface area (Å²) in [6.45, 7) is 0.694. The van der Waals surface area contributed by atoms with Crippen LogP contribution in [0.25, 0.3) is 11.4 Å². The maximum Gasteiger partial charge on any atom is 0.271 e. The van der Waals surface area contributed by atoms with Gasteiger partial charge in [0.1, 0.15) is 5.69 Å². The van der Waals surface area contributed by atoms with Crippen LogP contribution in [0.2, 0.25) is 0 Å². The van der Waals surface area contributed by atoms with Crippen LogP contribution in [0.4, 0.5) is 0 Å². The van der Waals surface area contributed by atoms with E-state index < -0.39 is 0 Å². The van der Waals surface area contributed by atoms with Crippen LogP contribution >= 0.6 is 0 Å². The molecule has 1 aromatic carbocycles. The predicted molar refractivity (Wildman–Crippen MR) is 93.0 cm³/mol. The van der Waals surface area contributed by atoms with Gasteiger partial charge in [-0.1, -0.05) is 35.5 Å². The van der Waals surface area contributed by atoms with Gasteiger partial charge in [0.05, 0.1) is 12.2 Å². The van der Waals surface area contributed by atoms with Crippen LogP contribution in [-0.2, 0) is 0 Å². The Balaban J connectivity index is 1.44. The average molecular weight is 350 g/mol. The van der Waals surface area contributed by atoms with Gasteiger partial charge in [0.15, 0.2) is 0 Å². The van der Waals surface area contributed by atoms with Crippen molar-refractivity contribution in [2.24, 2.45) is 0 Å². The van der Waals surface area contributed by atoms with Crippen molar-refractivity contribution in [2.75, 3.05) is 13.6 Å². The molecule has 0 aliphatic carbocycles. The SMILES string of the molecule is CN1C[C@@H](NC(=O)c2cnccn2)C[C@H]1c1nc(-c2ccccc2)no1. The van der Waals surface area contributed by atoms with Crippen LogP contribution in [0.1, 0.15) is 28.8 Å². The third kappa shape index (κ3) is 3.31. The normalized spacial score (nSPS) is 20.2. The summed E-state index contributed by atoms with van der Waals surface area (Å²) in [5, 5.41) is 7.07. The number of benzene rings is 1. The number of likely N-dealkylation sites (tertiary alicyclic amines) is 1. The number of aromatic nitrogens is 4. The van der Waals surface area contributed by atoms with E-state index in [2.05, 4.69) is 30.3 Å². The number of carbonyl (C=O) groups is 1. The van der Waals surface area contributed by atoms with Crippen molar-refractivity contribution in [3.05, 3.63) is 60.5 Å². The first-order valence-corrected chi connectivity index (χ1v) is 8.37. The van der Waals surface area contributed by atoms with Gasteiger partial charge in [-0.15, -0.1) is 0 Å². The van der Waals surface area contributed by atoms with Crippen molar-refractivity contribution in [1.29, 1.82) is 0 Å². The summed E-state index contributed by atoms with van der Waals surface area (Å²) >= 11 is 0. The monoisotopic (exact) mass is 350 g/mol. The zero-order valence-corrected chi connectivity index (χ0v) is 14.2. The highest BCUT2D eigenvalue weighted by atomic mass is 16.5. The van der Waals surface area contributed by atoms with Crippen molar-refractivity contribution in [2.45, 2.75) is 18.5 Å². The molecular weight excluding hydrogens is 332 g/mol. The Kier molecular flexibility index (Phi) is 4.40. The molecule has 8 heteroatoms. The highest BCUT2D eigenvalue weighted by Gasteiger charge is 2.35. The Morgan fingerprint density at radius 3 is 2.88 bits per heavy atom. The first-order valence-electron chi connectivity index (χ1n) is 8.37. The van der Waals surface area contributed by atoms with Crippen LogP contribution in [0, 0.1) is 0 Å². The number of hydrogen-bond acceptors (Lipinski definition) is 7. The molecule has 0 spiro atoms. The smallest absolute Gasteiger partial charge is 0.271 e. The third-order valence-corrected chi connectivity index (χ3v) is 4.44. The van der Waals surface area contributed by atoms with Crippen molar-refractivity contribution in [3.63, 3.8) is 0 Å². The quantitative estimate of drug-likeness (QED) is 0.765. The molecular formula is C18H18N6O2. The Morgan fingerprint density at radius 2 is 2.12 bits per heavy atom. The Morgan fingerprint density at radius 1 is 1.27 bits per heavy atom. The summed E-state index contributed by atoms with van der Waals surface area (Å²) < 4.78 is 5.47. The Hall–Kier alpha value is -3.13. The summed E-state index contributed by atoms with van der Waals surface area (Å²) in [5.74, 6) is 0.899. The van der Waals surface area contributed by atoms with Crippen molar-refractivity contribution in [3.8, 4) is 11.4 Å². The fourth-order valence-electron chi connectivity index (χ4n) is 3.14. The summed E-state index contributed by atoms with van der Waals surface area (Å²) in [6, 6.07) is 9.64. The number of amides is 1. The van der Waals surface area contributed by atoms with Gasteiger partial charge in [-0.2, -0.15) is 4.98 Å². The average Bonchev–Trinajstić information content (AvgIpc) is 3.30.